The normalized spacial score (nSPS) is 14.2. The molecule has 0 bridgehead atoms. The fourth-order valence-electron chi connectivity index (χ4n) is 2.00. The van der Waals surface area contributed by atoms with Gasteiger partial charge in [0.2, 0.25) is 5.78 Å². The van der Waals surface area contributed by atoms with Gasteiger partial charge in [0.15, 0.2) is 0 Å². The molecule has 102 valence electrons. The Morgan fingerprint density at radius 1 is 1.32 bits per heavy atom. The van der Waals surface area contributed by atoms with Gasteiger partial charge in [-0.15, -0.1) is 5.06 Å². The van der Waals surface area contributed by atoms with Crippen molar-refractivity contribution in [3.05, 3.63) is 33.8 Å². The molecule has 1 aliphatic rings. The van der Waals surface area contributed by atoms with Gasteiger partial charge in [-0.25, -0.2) is 4.79 Å². The summed E-state index contributed by atoms with van der Waals surface area (Å²) in [6, 6.07) is 5.95. The summed E-state index contributed by atoms with van der Waals surface area (Å²) < 4.78 is 0.999. The lowest BCUT2D eigenvalue weighted by Gasteiger charge is -2.13. The Labute approximate surface area is 120 Å². The Morgan fingerprint density at radius 3 is 2.79 bits per heavy atom. The molecule has 1 heterocycles. The fraction of sp³-hybridized carbons (Fsp3) is 0.429. The summed E-state index contributed by atoms with van der Waals surface area (Å²) in [7, 11) is 0. The molecule has 0 spiro atoms. The zero-order chi connectivity index (χ0) is 13.8. The van der Waals surface area contributed by atoms with Gasteiger partial charge in [-0.1, -0.05) is 35.3 Å². The molecule has 1 aromatic rings. The largest absolute Gasteiger partial charge is 0.393 e. The number of unbranched alkanes of at least 4 members (excludes halogenated alkanes) is 1. The number of rotatable bonds is 5. The molecule has 0 radical (unpaired) electrons. The summed E-state index contributed by atoms with van der Waals surface area (Å²) in [6.07, 6.45) is 1.88. The number of carbonyl (C=O) groups excluding carboxylic acids is 2. The average Bonchev–Trinajstić information content (AvgIpc) is 2.77. The van der Waals surface area contributed by atoms with Crippen LogP contribution in [-0.4, -0.2) is 16.8 Å². The second-order valence-corrected chi connectivity index (χ2v) is 5.53. The van der Waals surface area contributed by atoms with E-state index in [4.69, 9.17) is 4.84 Å². The highest BCUT2D eigenvalue weighted by molar-refractivity contribution is 9.10. The topological polar surface area (TPSA) is 46.6 Å². The lowest BCUT2D eigenvalue weighted by atomic mass is 10.1. The van der Waals surface area contributed by atoms with E-state index in [2.05, 4.69) is 15.9 Å². The fourth-order valence-corrected chi connectivity index (χ4v) is 2.41. The van der Waals surface area contributed by atoms with Crippen LogP contribution in [-0.2, 0) is 27.5 Å². The minimum atomic E-state index is -0.750. The van der Waals surface area contributed by atoms with Crippen LogP contribution in [0.5, 0.6) is 0 Å². The molecule has 0 saturated heterocycles. The first-order valence-electron chi connectivity index (χ1n) is 6.37. The molecule has 4 nitrogen and oxygen atoms in total. The van der Waals surface area contributed by atoms with Crippen molar-refractivity contribution in [3.63, 3.8) is 0 Å². The number of hydroxylamine groups is 2. The van der Waals surface area contributed by atoms with E-state index in [1.54, 1.807) is 0 Å². The summed E-state index contributed by atoms with van der Waals surface area (Å²) >= 11 is 3.41. The van der Waals surface area contributed by atoms with Gasteiger partial charge in [0.25, 0.3) is 0 Å². The van der Waals surface area contributed by atoms with Crippen LogP contribution in [0.4, 0.5) is 0 Å². The molecule has 2 rings (SSSR count). The van der Waals surface area contributed by atoms with Crippen molar-refractivity contribution in [3.8, 4) is 0 Å². The predicted molar refractivity (Wildman–Crippen MR) is 74.0 cm³/mol. The van der Waals surface area contributed by atoms with Crippen LogP contribution in [0.15, 0.2) is 22.7 Å². The summed E-state index contributed by atoms with van der Waals surface area (Å²) in [5, 5.41) is 1.53. The van der Waals surface area contributed by atoms with Crippen LogP contribution in [0, 0.1) is 0 Å². The lowest BCUT2D eigenvalue weighted by molar-refractivity contribution is -0.194. The summed E-state index contributed by atoms with van der Waals surface area (Å²) in [4.78, 5) is 28.2. The molecule has 0 aliphatic carbocycles. The molecule has 1 aromatic carbocycles. The van der Waals surface area contributed by atoms with Crippen molar-refractivity contribution in [2.75, 3.05) is 0 Å². The number of hydrogen-bond donors (Lipinski definition) is 0. The maximum absolute atomic E-state index is 11.6. The highest BCUT2D eigenvalue weighted by Gasteiger charge is 2.25. The van der Waals surface area contributed by atoms with Gasteiger partial charge in [-0.2, -0.15) is 0 Å². The van der Waals surface area contributed by atoms with Gasteiger partial charge in [0, 0.05) is 10.9 Å². The molecular weight excluding hydrogens is 310 g/mol. The van der Waals surface area contributed by atoms with Crippen molar-refractivity contribution in [2.24, 2.45) is 0 Å². The Balaban J connectivity index is 1.89. The Hall–Kier alpha value is -1.20. The van der Waals surface area contributed by atoms with Crippen molar-refractivity contribution in [2.45, 2.75) is 39.3 Å². The molecule has 0 unspecified atom stereocenters. The Kier molecular flexibility index (Phi) is 4.71. The molecule has 0 saturated carbocycles. The Bertz CT molecular complexity index is 501. The van der Waals surface area contributed by atoms with E-state index in [1.165, 1.54) is 5.06 Å². The number of nitrogens with zero attached hydrogens (tertiary/aromatic N) is 1. The molecule has 0 amide bonds. The molecule has 0 aromatic heterocycles. The van der Waals surface area contributed by atoms with E-state index in [1.807, 2.05) is 25.1 Å². The predicted octanol–water partition coefficient (Wildman–Crippen LogP) is 2.98. The second kappa shape index (κ2) is 6.30. The van der Waals surface area contributed by atoms with Gasteiger partial charge in [0.05, 0.1) is 13.1 Å². The number of ketones is 1. The number of Topliss-reactive ketones (excluding diaryl/α,β-unsaturated/α-hetero) is 1. The molecule has 0 N–H and O–H groups in total. The summed E-state index contributed by atoms with van der Waals surface area (Å²) in [5.74, 6) is -1.20. The van der Waals surface area contributed by atoms with E-state index in [9.17, 15) is 9.59 Å². The van der Waals surface area contributed by atoms with E-state index in [0.717, 1.165) is 28.4 Å². The maximum Gasteiger partial charge on any atom is 0.393 e. The molecular formula is C14H16BrNO3. The van der Waals surface area contributed by atoms with Crippen molar-refractivity contribution in [1.29, 1.82) is 0 Å². The summed E-state index contributed by atoms with van der Waals surface area (Å²) in [6.45, 7) is 3.05. The maximum atomic E-state index is 11.6. The number of hydrogen-bond acceptors (Lipinski definition) is 4. The van der Waals surface area contributed by atoms with Crippen molar-refractivity contribution in [1.82, 2.24) is 5.06 Å². The zero-order valence-corrected chi connectivity index (χ0v) is 12.4. The first kappa shape index (κ1) is 14.2. The minimum absolute atomic E-state index is 0.266. The SMILES string of the molecule is CCCCC(=O)C(=O)ON1Cc2ccc(Br)cc2C1. The monoisotopic (exact) mass is 325 g/mol. The van der Waals surface area contributed by atoms with Gasteiger partial charge in [-0.3, -0.25) is 4.79 Å². The van der Waals surface area contributed by atoms with Crippen LogP contribution in [0.3, 0.4) is 0 Å². The van der Waals surface area contributed by atoms with Crippen LogP contribution >= 0.6 is 15.9 Å². The highest BCUT2D eigenvalue weighted by atomic mass is 79.9. The molecule has 0 atom stereocenters. The van der Waals surface area contributed by atoms with E-state index >= 15 is 0 Å². The third-order valence-corrected chi connectivity index (χ3v) is 3.55. The third kappa shape index (κ3) is 3.64. The highest BCUT2D eigenvalue weighted by Crippen LogP contribution is 2.26. The van der Waals surface area contributed by atoms with E-state index in [-0.39, 0.29) is 6.42 Å². The van der Waals surface area contributed by atoms with E-state index < -0.39 is 11.8 Å². The minimum Gasteiger partial charge on any atom is -0.361 e. The van der Waals surface area contributed by atoms with Crippen LogP contribution in [0.2, 0.25) is 0 Å². The van der Waals surface area contributed by atoms with Gasteiger partial charge >= 0.3 is 5.97 Å². The van der Waals surface area contributed by atoms with Crippen molar-refractivity contribution >= 4 is 27.7 Å². The smallest absolute Gasteiger partial charge is 0.361 e. The number of fused-ring (bicyclic) bond motifs is 1. The first-order chi connectivity index (χ1) is 9.10. The zero-order valence-electron chi connectivity index (χ0n) is 10.8. The molecule has 19 heavy (non-hydrogen) atoms. The lowest BCUT2D eigenvalue weighted by Crippen LogP contribution is -2.27. The van der Waals surface area contributed by atoms with Gasteiger partial charge in [0.1, 0.15) is 0 Å². The first-order valence-corrected chi connectivity index (χ1v) is 7.17. The quantitative estimate of drug-likeness (QED) is 0.781. The van der Waals surface area contributed by atoms with E-state index in [0.29, 0.717) is 13.1 Å². The van der Waals surface area contributed by atoms with Crippen LogP contribution < -0.4 is 0 Å². The van der Waals surface area contributed by atoms with Gasteiger partial charge < -0.3 is 4.84 Å². The molecule has 5 heteroatoms. The summed E-state index contributed by atoms with van der Waals surface area (Å²) in [5.41, 5.74) is 2.24. The Morgan fingerprint density at radius 2 is 2.05 bits per heavy atom. The number of halogens is 1. The molecule has 1 aliphatic heterocycles. The van der Waals surface area contributed by atoms with Crippen LogP contribution in [0.1, 0.15) is 37.3 Å². The van der Waals surface area contributed by atoms with Crippen LogP contribution in [0.25, 0.3) is 0 Å². The average molecular weight is 326 g/mol. The molecule has 0 fully saturated rings. The second-order valence-electron chi connectivity index (χ2n) is 4.62. The van der Waals surface area contributed by atoms with Crippen molar-refractivity contribution < 1.29 is 14.4 Å². The number of carbonyl (C=O) groups is 2. The third-order valence-electron chi connectivity index (χ3n) is 3.06. The number of benzene rings is 1. The standard InChI is InChI=1S/C14H16BrNO3/c1-2-3-4-13(17)14(18)19-16-8-10-5-6-12(15)7-11(10)9-16/h5-7H,2-4,8-9H2,1H3. The van der Waals surface area contributed by atoms with Gasteiger partial charge in [-0.05, 0) is 29.7 Å².